The molecule has 2 heterocycles. The number of pyridine rings is 1. The Morgan fingerprint density at radius 2 is 2.33 bits per heavy atom. The van der Waals surface area contributed by atoms with Crippen LogP contribution in [0.2, 0.25) is 5.02 Å². The minimum absolute atomic E-state index is 0.00209. The van der Waals surface area contributed by atoms with Gasteiger partial charge in [0.15, 0.2) is 5.78 Å². The topological polar surface area (TPSA) is 60.9 Å². The fourth-order valence-corrected chi connectivity index (χ4v) is 1.70. The molecule has 0 saturated carbocycles. The number of fused-ring (bicyclic) bond motifs is 1. The number of halogens is 1. The van der Waals surface area contributed by atoms with Crippen molar-refractivity contribution >= 4 is 28.4 Å². The van der Waals surface area contributed by atoms with Crippen LogP contribution in [0.1, 0.15) is 10.5 Å². The van der Waals surface area contributed by atoms with Crippen LogP contribution in [-0.2, 0) is 7.05 Å². The van der Waals surface area contributed by atoms with Crippen molar-refractivity contribution in [3.63, 3.8) is 0 Å². The molecule has 0 saturated heterocycles. The molecule has 2 aromatic heterocycles. The van der Waals surface area contributed by atoms with Crippen LogP contribution in [0.25, 0.3) is 11.0 Å². The Morgan fingerprint density at radius 3 is 3.00 bits per heavy atom. The predicted molar refractivity (Wildman–Crippen MR) is 59.1 cm³/mol. The van der Waals surface area contributed by atoms with Gasteiger partial charge in [-0.15, -0.1) is 0 Å². The van der Waals surface area contributed by atoms with Gasteiger partial charge in [0.25, 0.3) is 0 Å². The van der Waals surface area contributed by atoms with E-state index in [0.717, 1.165) is 11.0 Å². The standard InChI is InChI=1S/C10H10ClN3O/c1-14-8-2-6(11)5-13-7(8)3-9(14)10(15)4-12/h2-3,5H,4,12H2,1H3. The largest absolute Gasteiger partial charge is 0.340 e. The van der Waals surface area contributed by atoms with Crippen molar-refractivity contribution in [1.82, 2.24) is 9.55 Å². The second kappa shape index (κ2) is 3.64. The molecule has 2 aromatic rings. The number of hydrogen-bond donors (Lipinski definition) is 1. The van der Waals surface area contributed by atoms with E-state index in [4.69, 9.17) is 17.3 Å². The van der Waals surface area contributed by atoms with Crippen LogP contribution >= 0.6 is 11.6 Å². The number of ketones is 1. The number of nitrogens with two attached hydrogens (primary N) is 1. The first kappa shape index (κ1) is 10.1. The SMILES string of the molecule is Cn1c(C(=O)CN)cc2ncc(Cl)cc21. The Hall–Kier alpha value is -1.39. The summed E-state index contributed by atoms with van der Waals surface area (Å²) in [7, 11) is 1.79. The van der Waals surface area contributed by atoms with Crippen molar-refractivity contribution in [2.45, 2.75) is 0 Å². The summed E-state index contributed by atoms with van der Waals surface area (Å²) in [5.74, 6) is -0.105. The number of carbonyl (C=O) groups is 1. The fraction of sp³-hybridized carbons (Fsp3) is 0.200. The van der Waals surface area contributed by atoms with Crippen LogP contribution in [0.3, 0.4) is 0 Å². The van der Waals surface area contributed by atoms with Crippen LogP contribution in [0.5, 0.6) is 0 Å². The summed E-state index contributed by atoms with van der Waals surface area (Å²) >= 11 is 5.83. The third-order valence-electron chi connectivity index (χ3n) is 2.33. The second-order valence-corrected chi connectivity index (χ2v) is 3.71. The van der Waals surface area contributed by atoms with Gasteiger partial charge in [0.2, 0.25) is 0 Å². The summed E-state index contributed by atoms with van der Waals surface area (Å²) in [5.41, 5.74) is 7.45. The number of Topliss-reactive ketones (excluding diaryl/α,β-unsaturated/α-hetero) is 1. The summed E-state index contributed by atoms with van der Waals surface area (Å²) in [6.45, 7) is -0.00209. The van der Waals surface area contributed by atoms with Gasteiger partial charge in [-0.1, -0.05) is 11.6 Å². The molecule has 0 unspecified atom stereocenters. The lowest BCUT2D eigenvalue weighted by molar-refractivity contribution is 0.0994. The van der Waals surface area contributed by atoms with Crippen molar-refractivity contribution in [2.24, 2.45) is 12.8 Å². The average molecular weight is 224 g/mol. The summed E-state index contributed by atoms with van der Waals surface area (Å²) in [6.07, 6.45) is 1.56. The summed E-state index contributed by atoms with van der Waals surface area (Å²) in [5, 5.41) is 0.551. The third-order valence-corrected chi connectivity index (χ3v) is 2.54. The first-order valence-corrected chi connectivity index (χ1v) is 4.85. The molecule has 0 aromatic carbocycles. The lowest BCUT2D eigenvalue weighted by Crippen LogP contribution is -2.16. The van der Waals surface area contributed by atoms with Crippen LogP contribution in [0, 0.1) is 0 Å². The molecule has 0 amide bonds. The van der Waals surface area contributed by atoms with E-state index in [1.165, 1.54) is 0 Å². The molecular formula is C10H10ClN3O. The number of carbonyl (C=O) groups excluding carboxylic acids is 1. The quantitative estimate of drug-likeness (QED) is 0.783. The molecule has 0 fully saturated rings. The van der Waals surface area contributed by atoms with Gasteiger partial charge in [0, 0.05) is 13.2 Å². The van der Waals surface area contributed by atoms with Crippen molar-refractivity contribution in [2.75, 3.05) is 6.54 Å². The zero-order valence-electron chi connectivity index (χ0n) is 8.20. The van der Waals surface area contributed by atoms with E-state index in [-0.39, 0.29) is 12.3 Å². The lowest BCUT2D eigenvalue weighted by atomic mass is 10.3. The second-order valence-electron chi connectivity index (χ2n) is 3.27. The number of hydrogen-bond acceptors (Lipinski definition) is 3. The maximum Gasteiger partial charge on any atom is 0.192 e. The molecule has 2 rings (SSSR count). The molecule has 0 spiro atoms. The minimum Gasteiger partial charge on any atom is -0.340 e. The molecule has 2 N–H and O–H groups in total. The van der Waals surface area contributed by atoms with E-state index in [1.807, 2.05) is 0 Å². The van der Waals surface area contributed by atoms with Gasteiger partial charge in [-0.25, -0.2) is 0 Å². The van der Waals surface area contributed by atoms with E-state index in [1.54, 1.807) is 29.9 Å². The molecule has 4 nitrogen and oxygen atoms in total. The maximum absolute atomic E-state index is 11.5. The number of aryl methyl sites for hydroxylation is 1. The van der Waals surface area contributed by atoms with Crippen LogP contribution < -0.4 is 5.73 Å². The number of rotatable bonds is 2. The van der Waals surface area contributed by atoms with E-state index < -0.39 is 0 Å². The van der Waals surface area contributed by atoms with Gasteiger partial charge in [0.1, 0.15) is 0 Å². The molecule has 15 heavy (non-hydrogen) atoms. The highest BCUT2D eigenvalue weighted by Gasteiger charge is 2.12. The summed E-state index contributed by atoms with van der Waals surface area (Å²) in [6, 6.07) is 3.50. The molecule has 5 heteroatoms. The Kier molecular flexibility index (Phi) is 2.46. The predicted octanol–water partition coefficient (Wildman–Crippen LogP) is 1.37. The van der Waals surface area contributed by atoms with Crippen molar-refractivity contribution in [1.29, 1.82) is 0 Å². The average Bonchev–Trinajstić information content (AvgIpc) is 2.55. The lowest BCUT2D eigenvalue weighted by Gasteiger charge is -2.00. The van der Waals surface area contributed by atoms with E-state index in [9.17, 15) is 4.79 Å². The van der Waals surface area contributed by atoms with Gasteiger partial charge in [-0.05, 0) is 12.1 Å². The molecule has 0 aliphatic heterocycles. The molecule has 78 valence electrons. The van der Waals surface area contributed by atoms with Crippen molar-refractivity contribution in [3.05, 3.63) is 29.0 Å². The normalized spacial score (nSPS) is 10.9. The zero-order valence-corrected chi connectivity index (χ0v) is 8.95. The first-order valence-electron chi connectivity index (χ1n) is 4.47. The van der Waals surface area contributed by atoms with Gasteiger partial charge < -0.3 is 10.3 Å². The van der Waals surface area contributed by atoms with Gasteiger partial charge in [-0.2, -0.15) is 0 Å². The maximum atomic E-state index is 11.5. The van der Waals surface area contributed by atoms with Crippen LogP contribution in [-0.4, -0.2) is 21.9 Å². The highest BCUT2D eigenvalue weighted by molar-refractivity contribution is 6.31. The Morgan fingerprint density at radius 1 is 1.60 bits per heavy atom. The molecular weight excluding hydrogens is 214 g/mol. The molecule has 0 aliphatic rings. The van der Waals surface area contributed by atoms with Crippen molar-refractivity contribution < 1.29 is 4.79 Å². The van der Waals surface area contributed by atoms with Gasteiger partial charge >= 0.3 is 0 Å². The van der Waals surface area contributed by atoms with E-state index in [0.29, 0.717) is 10.7 Å². The van der Waals surface area contributed by atoms with Crippen molar-refractivity contribution in [3.8, 4) is 0 Å². The first-order chi connectivity index (χ1) is 7.13. The van der Waals surface area contributed by atoms with E-state index >= 15 is 0 Å². The minimum atomic E-state index is -0.105. The zero-order chi connectivity index (χ0) is 11.0. The van der Waals surface area contributed by atoms with Gasteiger partial charge in [-0.3, -0.25) is 9.78 Å². The number of aromatic nitrogens is 2. The molecule has 0 atom stereocenters. The molecule has 0 radical (unpaired) electrons. The summed E-state index contributed by atoms with van der Waals surface area (Å²) < 4.78 is 1.75. The summed E-state index contributed by atoms with van der Waals surface area (Å²) in [4.78, 5) is 15.6. The number of nitrogens with zero attached hydrogens (tertiary/aromatic N) is 2. The molecule has 0 aliphatic carbocycles. The smallest absolute Gasteiger partial charge is 0.192 e. The Labute approximate surface area is 91.7 Å². The third kappa shape index (κ3) is 1.62. The fourth-order valence-electron chi connectivity index (χ4n) is 1.55. The molecule has 0 bridgehead atoms. The monoisotopic (exact) mass is 223 g/mol. The Bertz CT molecular complexity index is 533. The van der Waals surface area contributed by atoms with Crippen LogP contribution in [0.4, 0.5) is 0 Å². The Balaban J connectivity index is 2.69. The van der Waals surface area contributed by atoms with Gasteiger partial charge in [0.05, 0.1) is 28.3 Å². The van der Waals surface area contributed by atoms with E-state index in [2.05, 4.69) is 4.98 Å². The highest BCUT2D eigenvalue weighted by atomic mass is 35.5. The van der Waals surface area contributed by atoms with Crippen LogP contribution in [0.15, 0.2) is 18.3 Å². The highest BCUT2D eigenvalue weighted by Crippen LogP contribution is 2.20.